The van der Waals surface area contributed by atoms with Crippen LogP contribution in [0.25, 0.3) is 11.7 Å². The van der Waals surface area contributed by atoms with Crippen LogP contribution in [0.15, 0.2) is 53.5 Å². The minimum Gasteiger partial charge on any atom is -0.456 e. The van der Waals surface area contributed by atoms with E-state index in [1.807, 2.05) is 13.0 Å². The quantitative estimate of drug-likeness (QED) is 0.499. The largest absolute Gasteiger partial charge is 0.456 e. The van der Waals surface area contributed by atoms with Crippen LogP contribution in [0, 0.1) is 6.92 Å². The van der Waals surface area contributed by atoms with E-state index in [4.69, 9.17) is 27.9 Å². The molecule has 5 nitrogen and oxygen atoms in total. The maximum Gasteiger partial charge on any atom is 0.331 e. The lowest BCUT2D eigenvalue weighted by Crippen LogP contribution is -2.17. The van der Waals surface area contributed by atoms with Gasteiger partial charge in [0.05, 0.1) is 5.69 Å². The first-order chi connectivity index (χ1) is 12.5. The smallest absolute Gasteiger partial charge is 0.331 e. The summed E-state index contributed by atoms with van der Waals surface area (Å²) in [6.07, 6.45) is 4.36. The Hall–Kier alpha value is -2.63. The van der Waals surface area contributed by atoms with Gasteiger partial charge in [0.2, 0.25) is 0 Å². The molecular weight excluding hydrogens is 375 g/mol. The highest BCUT2D eigenvalue weighted by Gasteiger charge is 2.07. The Morgan fingerprint density at radius 3 is 2.69 bits per heavy atom. The minimum absolute atomic E-state index is 0.112. The summed E-state index contributed by atoms with van der Waals surface area (Å²) in [5.41, 5.74) is 2.06. The summed E-state index contributed by atoms with van der Waals surface area (Å²) < 4.78 is 6.60. The molecule has 0 N–H and O–H groups in total. The van der Waals surface area contributed by atoms with Gasteiger partial charge in [-0.05, 0) is 36.8 Å². The van der Waals surface area contributed by atoms with Gasteiger partial charge in [0.25, 0.3) is 5.56 Å². The van der Waals surface area contributed by atoms with E-state index in [-0.39, 0.29) is 12.2 Å². The van der Waals surface area contributed by atoms with Crippen LogP contribution < -0.4 is 5.56 Å². The number of rotatable bonds is 4. The lowest BCUT2D eigenvalue weighted by Gasteiger charge is -2.06. The van der Waals surface area contributed by atoms with Crippen LogP contribution in [0.2, 0.25) is 10.0 Å². The van der Waals surface area contributed by atoms with Crippen LogP contribution in [0.1, 0.15) is 16.8 Å². The molecule has 0 spiro atoms. The van der Waals surface area contributed by atoms with Crippen molar-refractivity contribution in [2.45, 2.75) is 13.5 Å². The second kappa shape index (κ2) is 7.72. The number of hydrogen-bond acceptors (Lipinski definition) is 4. The third-order valence-electron chi connectivity index (χ3n) is 3.69. The summed E-state index contributed by atoms with van der Waals surface area (Å²) in [6, 6.07) is 10.0. The highest BCUT2D eigenvalue weighted by Crippen LogP contribution is 2.25. The van der Waals surface area contributed by atoms with Gasteiger partial charge in [-0.2, -0.15) is 0 Å². The molecule has 2 aromatic heterocycles. The van der Waals surface area contributed by atoms with Crippen molar-refractivity contribution in [3.8, 4) is 0 Å². The van der Waals surface area contributed by atoms with Crippen LogP contribution in [0.5, 0.6) is 0 Å². The average Bonchev–Trinajstić information content (AvgIpc) is 2.60. The monoisotopic (exact) mass is 388 g/mol. The fraction of sp³-hybridized carbons (Fsp3) is 0.105. The molecule has 1 aromatic carbocycles. The van der Waals surface area contributed by atoms with Crippen molar-refractivity contribution in [1.29, 1.82) is 0 Å². The number of pyridine rings is 1. The van der Waals surface area contributed by atoms with Crippen molar-refractivity contribution in [2.75, 3.05) is 0 Å². The van der Waals surface area contributed by atoms with Crippen molar-refractivity contribution in [1.82, 2.24) is 9.38 Å². The summed E-state index contributed by atoms with van der Waals surface area (Å²) in [5.74, 6) is -0.590. The van der Waals surface area contributed by atoms with E-state index in [9.17, 15) is 9.59 Å². The predicted molar refractivity (Wildman–Crippen MR) is 101 cm³/mol. The Labute approximate surface area is 159 Å². The average molecular weight is 389 g/mol. The van der Waals surface area contributed by atoms with Crippen molar-refractivity contribution in [2.24, 2.45) is 0 Å². The molecule has 0 unspecified atom stereocenters. The zero-order chi connectivity index (χ0) is 18.7. The van der Waals surface area contributed by atoms with E-state index in [1.165, 1.54) is 22.6 Å². The second-order valence-corrected chi connectivity index (χ2v) is 6.36. The molecule has 0 amide bonds. The fourth-order valence-electron chi connectivity index (χ4n) is 2.40. The Balaban J connectivity index is 1.74. The summed E-state index contributed by atoms with van der Waals surface area (Å²) in [4.78, 5) is 28.4. The maximum atomic E-state index is 12.1. The highest BCUT2D eigenvalue weighted by molar-refractivity contribution is 6.37. The predicted octanol–water partition coefficient (Wildman–Crippen LogP) is 4.07. The first kappa shape index (κ1) is 18.2. The summed E-state index contributed by atoms with van der Waals surface area (Å²) in [7, 11) is 0. The van der Waals surface area contributed by atoms with E-state index < -0.39 is 5.97 Å². The molecule has 0 bridgehead atoms. The van der Waals surface area contributed by atoms with Gasteiger partial charge < -0.3 is 4.74 Å². The number of carbonyl (C=O) groups is 1. The number of halogens is 2. The SMILES string of the molecule is Cc1cccn2c(=O)cc(COC(=O)/C=C/c3c(Cl)cccc3Cl)nc12. The van der Waals surface area contributed by atoms with Crippen LogP contribution in [-0.4, -0.2) is 15.4 Å². The normalized spacial score (nSPS) is 11.2. The van der Waals surface area contributed by atoms with Crippen molar-refractivity contribution >= 4 is 40.9 Å². The number of aryl methyl sites for hydroxylation is 1. The van der Waals surface area contributed by atoms with Gasteiger partial charge in [-0.25, -0.2) is 9.78 Å². The molecule has 26 heavy (non-hydrogen) atoms. The number of fused-ring (bicyclic) bond motifs is 1. The third-order valence-corrected chi connectivity index (χ3v) is 4.35. The van der Waals surface area contributed by atoms with Crippen LogP contribution >= 0.6 is 23.2 Å². The van der Waals surface area contributed by atoms with Gasteiger partial charge >= 0.3 is 5.97 Å². The maximum absolute atomic E-state index is 12.1. The number of carbonyl (C=O) groups excluding carboxylic acids is 1. The highest BCUT2D eigenvalue weighted by atomic mass is 35.5. The topological polar surface area (TPSA) is 60.7 Å². The van der Waals surface area contributed by atoms with E-state index in [0.29, 0.717) is 26.9 Å². The summed E-state index contributed by atoms with van der Waals surface area (Å²) >= 11 is 12.1. The second-order valence-electron chi connectivity index (χ2n) is 5.55. The minimum atomic E-state index is -0.590. The number of esters is 1. The van der Waals surface area contributed by atoms with Crippen LogP contribution in [0.3, 0.4) is 0 Å². The molecule has 0 aliphatic rings. The van der Waals surface area contributed by atoms with Crippen molar-refractivity contribution in [3.63, 3.8) is 0 Å². The first-order valence-electron chi connectivity index (χ1n) is 7.72. The number of benzene rings is 1. The Kier molecular flexibility index (Phi) is 5.40. The number of hydrogen-bond donors (Lipinski definition) is 0. The van der Waals surface area contributed by atoms with Gasteiger partial charge in [-0.1, -0.05) is 35.3 Å². The molecule has 0 aliphatic carbocycles. The molecule has 7 heteroatoms. The van der Waals surface area contributed by atoms with Crippen molar-refractivity contribution in [3.05, 3.63) is 85.9 Å². The zero-order valence-electron chi connectivity index (χ0n) is 13.8. The van der Waals surface area contributed by atoms with Gasteiger partial charge in [0.1, 0.15) is 12.3 Å². The first-order valence-corrected chi connectivity index (χ1v) is 8.48. The summed E-state index contributed by atoms with van der Waals surface area (Å²) in [5, 5.41) is 0.863. The van der Waals surface area contributed by atoms with E-state index in [2.05, 4.69) is 4.98 Å². The molecule has 0 fully saturated rings. The Morgan fingerprint density at radius 1 is 1.23 bits per heavy atom. The van der Waals surface area contributed by atoms with E-state index in [1.54, 1.807) is 30.5 Å². The van der Waals surface area contributed by atoms with Crippen LogP contribution in [0.4, 0.5) is 0 Å². The third kappa shape index (κ3) is 3.95. The standard InChI is InChI=1S/C19H14Cl2N2O3/c1-12-4-3-9-23-17(24)10-13(22-19(12)23)11-26-18(25)8-7-14-15(20)5-2-6-16(14)21/h2-10H,11H2,1H3/b8-7+. The summed E-state index contributed by atoms with van der Waals surface area (Å²) in [6.45, 7) is 1.74. The molecule has 0 radical (unpaired) electrons. The molecular formula is C19H14Cl2N2O3. The zero-order valence-corrected chi connectivity index (χ0v) is 15.3. The molecule has 0 saturated heterocycles. The van der Waals surface area contributed by atoms with Gasteiger partial charge in [0.15, 0.2) is 0 Å². The molecule has 0 atom stereocenters. The molecule has 3 aromatic rings. The fourth-order valence-corrected chi connectivity index (χ4v) is 2.92. The lowest BCUT2D eigenvalue weighted by molar-refractivity contribution is -0.139. The Bertz CT molecular complexity index is 1050. The number of ether oxygens (including phenoxy) is 1. The van der Waals surface area contributed by atoms with Crippen molar-refractivity contribution < 1.29 is 9.53 Å². The Morgan fingerprint density at radius 2 is 1.96 bits per heavy atom. The molecule has 2 heterocycles. The van der Waals surface area contributed by atoms with E-state index >= 15 is 0 Å². The molecule has 0 aliphatic heterocycles. The van der Waals surface area contributed by atoms with Crippen LogP contribution in [-0.2, 0) is 16.1 Å². The number of nitrogens with zero attached hydrogens (tertiary/aromatic N) is 2. The van der Waals surface area contributed by atoms with Gasteiger partial charge in [-0.15, -0.1) is 0 Å². The number of aromatic nitrogens is 2. The molecule has 0 saturated carbocycles. The lowest BCUT2D eigenvalue weighted by atomic mass is 10.2. The van der Waals surface area contributed by atoms with Gasteiger partial charge in [-0.3, -0.25) is 9.20 Å². The van der Waals surface area contributed by atoms with E-state index in [0.717, 1.165) is 5.56 Å². The molecule has 3 rings (SSSR count). The van der Waals surface area contributed by atoms with Gasteiger partial charge in [0, 0.05) is 33.9 Å². The molecule has 132 valence electrons.